The Hall–Kier alpha value is -0.120. The molecule has 2 atom stereocenters. The summed E-state index contributed by atoms with van der Waals surface area (Å²) in [7, 11) is 0. The first-order chi connectivity index (χ1) is 9.41. The van der Waals surface area contributed by atoms with Crippen molar-refractivity contribution < 1.29 is 44.3 Å². The number of carbonyl (C=O) groups excluding carboxylic acids is 2. The third kappa shape index (κ3) is 7.62. The van der Waals surface area contributed by atoms with E-state index in [1.54, 1.807) is 0 Å². The second-order valence-electron chi connectivity index (χ2n) is 5.87. The van der Waals surface area contributed by atoms with E-state index >= 15 is 0 Å². The van der Waals surface area contributed by atoms with Crippen LogP contribution in [0.1, 0.15) is 72.1 Å². The molecule has 0 rings (SSSR count). The van der Waals surface area contributed by atoms with Crippen LogP contribution in [0.4, 0.5) is 0 Å². The fourth-order valence-corrected chi connectivity index (χ4v) is 2.45. The average Bonchev–Trinajstić information content (AvgIpc) is 2.43. The van der Waals surface area contributed by atoms with E-state index in [1.807, 2.05) is 6.92 Å². The van der Waals surface area contributed by atoms with Gasteiger partial charge in [0.15, 0.2) is 5.78 Å². The van der Waals surface area contributed by atoms with Crippen LogP contribution in [0.25, 0.3) is 0 Å². The molecule has 0 fully saturated rings. The van der Waals surface area contributed by atoms with E-state index in [1.165, 1.54) is 39.0 Å². The number of carboxylic acid groups (broad SMARTS) is 1. The van der Waals surface area contributed by atoms with Crippen LogP contribution < -0.4 is 34.7 Å². The third-order valence-corrected chi connectivity index (χ3v) is 4.35. The zero-order valence-electron chi connectivity index (χ0n) is 14.2. The molecule has 0 aromatic heterocycles. The van der Waals surface area contributed by atoms with Gasteiger partial charge in [0.2, 0.25) is 0 Å². The zero-order valence-corrected chi connectivity index (χ0v) is 16.2. The monoisotopic (exact) mass is 304 g/mol. The fourth-order valence-electron chi connectivity index (χ4n) is 2.45. The molecule has 0 saturated heterocycles. The Bertz CT molecular complexity index is 328. The third-order valence-electron chi connectivity index (χ3n) is 4.35. The molecule has 0 radical (unpaired) electrons. The summed E-state index contributed by atoms with van der Waals surface area (Å²) in [6, 6.07) is 0. The Balaban J connectivity index is 0. The average molecular weight is 304 g/mol. The molecule has 0 bridgehead atoms. The molecule has 0 aliphatic carbocycles. The summed E-state index contributed by atoms with van der Waals surface area (Å²) in [4.78, 5) is 23.1. The molecular formula is C17H29NaO3. The summed E-state index contributed by atoms with van der Waals surface area (Å²) in [5.74, 6) is -1.97. The molecule has 0 spiro atoms. The summed E-state index contributed by atoms with van der Waals surface area (Å²) in [6.07, 6.45) is 10.1. The number of carboxylic acids is 1. The van der Waals surface area contributed by atoms with Gasteiger partial charge in [-0.2, -0.15) is 0 Å². The number of allylic oxidation sites excluding steroid dienone is 1. The molecule has 4 heteroatoms. The first kappa shape index (κ1) is 23.2. The van der Waals surface area contributed by atoms with Gasteiger partial charge in [-0.1, -0.05) is 65.4 Å². The second kappa shape index (κ2) is 12.4. The molecule has 0 aliphatic rings. The summed E-state index contributed by atoms with van der Waals surface area (Å²) in [5, 5.41) is 11.3. The maximum atomic E-state index is 11.8. The molecule has 2 unspecified atom stereocenters. The van der Waals surface area contributed by atoms with Crippen LogP contribution in [-0.4, -0.2) is 11.8 Å². The maximum Gasteiger partial charge on any atom is 1.00 e. The molecule has 0 aromatic carbocycles. The second-order valence-corrected chi connectivity index (χ2v) is 5.87. The minimum Gasteiger partial charge on any atom is -0.549 e. The fraction of sp³-hybridized carbons (Fsp3) is 0.765. The Labute approximate surface area is 151 Å². The summed E-state index contributed by atoms with van der Waals surface area (Å²) in [6.45, 7) is 8.85. The van der Waals surface area contributed by atoms with Crippen molar-refractivity contribution in [2.45, 2.75) is 72.1 Å². The van der Waals surface area contributed by atoms with Gasteiger partial charge in [-0.25, -0.2) is 0 Å². The smallest absolute Gasteiger partial charge is 0.549 e. The Morgan fingerprint density at radius 2 is 1.62 bits per heavy atom. The van der Waals surface area contributed by atoms with Crippen molar-refractivity contribution in [3.63, 3.8) is 0 Å². The van der Waals surface area contributed by atoms with E-state index in [0.29, 0.717) is 0 Å². The van der Waals surface area contributed by atoms with Crippen molar-refractivity contribution in [3.05, 3.63) is 12.7 Å². The van der Waals surface area contributed by atoms with Crippen molar-refractivity contribution >= 4 is 11.8 Å². The van der Waals surface area contributed by atoms with Crippen molar-refractivity contribution in [3.8, 4) is 0 Å². The van der Waals surface area contributed by atoms with Crippen molar-refractivity contribution in [2.24, 2.45) is 11.3 Å². The van der Waals surface area contributed by atoms with E-state index in [-0.39, 0.29) is 35.5 Å². The number of ketones is 1. The Morgan fingerprint density at radius 3 is 2.05 bits per heavy atom. The minimum absolute atomic E-state index is 0. The summed E-state index contributed by atoms with van der Waals surface area (Å²) >= 11 is 0. The van der Waals surface area contributed by atoms with Crippen LogP contribution in [-0.2, 0) is 9.59 Å². The van der Waals surface area contributed by atoms with Crippen LogP contribution in [0.15, 0.2) is 12.7 Å². The SMILES string of the molecule is C=CC(=O)C(C)(C(=O)[O-])C(C)CCCCCCCCC.[Na+]. The van der Waals surface area contributed by atoms with Crippen molar-refractivity contribution in [2.75, 3.05) is 0 Å². The van der Waals surface area contributed by atoms with E-state index in [9.17, 15) is 14.7 Å². The quantitative estimate of drug-likeness (QED) is 0.225. The van der Waals surface area contributed by atoms with Crippen LogP contribution in [0, 0.1) is 11.3 Å². The van der Waals surface area contributed by atoms with E-state index < -0.39 is 17.2 Å². The van der Waals surface area contributed by atoms with Gasteiger partial charge >= 0.3 is 29.6 Å². The van der Waals surface area contributed by atoms with E-state index in [0.717, 1.165) is 25.3 Å². The zero-order chi connectivity index (χ0) is 15.6. The topological polar surface area (TPSA) is 57.2 Å². The van der Waals surface area contributed by atoms with Crippen LogP contribution in [0.3, 0.4) is 0 Å². The molecule has 3 nitrogen and oxygen atoms in total. The number of hydrogen-bond donors (Lipinski definition) is 0. The molecule has 0 heterocycles. The van der Waals surface area contributed by atoms with Gasteiger partial charge in [0.05, 0.1) is 11.4 Å². The molecule has 0 N–H and O–H groups in total. The predicted octanol–water partition coefficient (Wildman–Crippen LogP) is 0.279. The summed E-state index contributed by atoms with van der Waals surface area (Å²) in [5.41, 5.74) is -1.44. The molecule has 116 valence electrons. The van der Waals surface area contributed by atoms with Crippen molar-refractivity contribution in [1.82, 2.24) is 0 Å². The van der Waals surface area contributed by atoms with Gasteiger partial charge in [0.1, 0.15) is 0 Å². The van der Waals surface area contributed by atoms with E-state index in [4.69, 9.17) is 0 Å². The van der Waals surface area contributed by atoms with Gasteiger partial charge in [0.25, 0.3) is 0 Å². The van der Waals surface area contributed by atoms with Gasteiger partial charge in [-0.15, -0.1) is 0 Å². The molecule has 21 heavy (non-hydrogen) atoms. The predicted molar refractivity (Wildman–Crippen MR) is 80.1 cm³/mol. The standard InChI is InChI=1S/C17H30O3.Na/c1-5-7-8-9-10-11-12-13-14(3)17(4,16(19)20)15(18)6-2;/h6,14H,2,5,7-13H2,1,3-4H3,(H,19,20);/q;+1/p-1. The van der Waals surface area contributed by atoms with Crippen molar-refractivity contribution in [1.29, 1.82) is 0 Å². The molecule has 0 aromatic rings. The van der Waals surface area contributed by atoms with Gasteiger partial charge in [0, 0.05) is 0 Å². The molecule has 0 amide bonds. The first-order valence-electron chi connectivity index (χ1n) is 7.79. The Kier molecular flexibility index (Phi) is 13.7. The largest absolute Gasteiger partial charge is 1.00 e. The van der Waals surface area contributed by atoms with Gasteiger partial charge in [-0.05, 0) is 25.3 Å². The number of rotatable bonds is 12. The van der Waals surface area contributed by atoms with Crippen LogP contribution in [0.5, 0.6) is 0 Å². The van der Waals surface area contributed by atoms with Gasteiger partial charge < -0.3 is 9.90 Å². The van der Waals surface area contributed by atoms with E-state index in [2.05, 4.69) is 13.5 Å². The van der Waals surface area contributed by atoms with Crippen LogP contribution in [0.2, 0.25) is 0 Å². The maximum absolute atomic E-state index is 11.8. The molecule has 0 aliphatic heterocycles. The first-order valence-corrected chi connectivity index (χ1v) is 7.79. The Morgan fingerprint density at radius 1 is 1.14 bits per heavy atom. The molecular weight excluding hydrogens is 275 g/mol. The normalized spacial score (nSPS) is 14.6. The number of unbranched alkanes of at least 4 members (excludes halogenated alkanes) is 6. The van der Waals surface area contributed by atoms with Gasteiger partial charge in [-0.3, -0.25) is 4.79 Å². The number of hydrogen-bond acceptors (Lipinski definition) is 3. The van der Waals surface area contributed by atoms with Crippen LogP contribution >= 0.6 is 0 Å². The minimum atomic E-state index is -1.44. The number of aliphatic carboxylic acids is 1. The molecule has 0 saturated carbocycles. The summed E-state index contributed by atoms with van der Waals surface area (Å²) < 4.78 is 0. The number of carbonyl (C=O) groups is 2.